The number of anilines is 2. The Kier molecular flexibility index (Phi) is 9.31. The summed E-state index contributed by atoms with van der Waals surface area (Å²) < 4.78 is 71.3. The quantitative estimate of drug-likeness (QED) is 0.123. The minimum Gasteiger partial charge on any atom is -0.451 e. The molecule has 5 rings (SSSR count). The van der Waals surface area contributed by atoms with Crippen LogP contribution in [-0.2, 0) is 0 Å². The van der Waals surface area contributed by atoms with Gasteiger partial charge in [0.05, 0.1) is 0 Å². The van der Waals surface area contributed by atoms with Crippen molar-refractivity contribution in [2.45, 2.75) is 0 Å². The van der Waals surface area contributed by atoms with Crippen molar-refractivity contribution in [2.24, 2.45) is 0 Å². The van der Waals surface area contributed by atoms with E-state index in [1.807, 2.05) is 0 Å². The largest absolute Gasteiger partial charge is 0.451 e. The zero-order chi connectivity index (χ0) is 31.4. The van der Waals surface area contributed by atoms with Gasteiger partial charge in [-0.3, -0.25) is 9.59 Å². The van der Waals surface area contributed by atoms with Crippen LogP contribution in [0.5, 0.6) is 23.0 Å². The van der Waals surface area contributed by atoms with Gasteiger partial charge in [-0.05, 0) is 97.1 Å². The van der Waals surface area contributed by atoms with Crippen LogP contribution in [0.4, 0.5) is 28.9 Å². The maximum Gasteiger partial charge on any atom is 0.255 e. The van der Waals surface area contributed by atoms with Crippen LogP contribution in [0.2, 0.25) is 0 Å². The fraction of sp³-hybridized carbons (Fsp3) is 0. The van der Waals surface area contributed by atoms with Crippen molar-refractivity contribution in [1.82, 2.24) is 0 Å². The summed E-state index contributed by atoms with van der Waals surface area (Å²) in [5, 5.41) is 5.29. The van der Waals surface area contributed by atoms with Crippen LogP contribution in [0.3, 0.4) is 0 Å². The molecule has 0 aliphatic rings. The summed E-state index contributed by atoms with van der Waals surface area (Å²) in [6, 6.07) is 23.8. The van der Waals surface area contributed by atoms with Gasteiger partial charge in [0.1, 0.15) is 11.5 Å². The summed E-state index contributed by atoms with van der Waals surface area (Å²) in [7, 11) is 0. The fourth-order valence-electron chi connectivity index (χ4n) is 3.83. The maximum atomic E-state index is 14.9. The van der Waals surface area contributed by atoms with E-state index in [1.165, 1.54) is 48.5 Å². The van der Waals surface area contributed by atoms with Crippen molar-refractivity contribution in [3.63, 3.8) is 0 Å². The molecule has 0 radical (unpaired) electrons. The first-order valence-electron chi connectivity index (χ1n) is 12.6. The first kappa shape index (κ1) is 30.8. The predicted molar refractivity (Wildman–Crippen MR) is 163 cm³/mol. The number of rotatable bonds is 8. The molecule has 0 saturated carbocycles. The average molecular weight is 730 g/mol. The van der Waals surface area contributed by atoms with Gasteiger partial charge in [0.2, 0.25) is 34.8 Å². The van der Waals surface area contributed by atoms with Crippen LogP contribution < -0.4 is 20.1 Å². The van der Waals surface area contributed by atoms with E-state index in [1.54, 1.807) is 48.5 Å². The number of ether oxygens (including phenoxy) is 2. The first-order valence-corrected chi connectivity index (χ1v) is 14.2. The molecule has 222 valence electrons. The normalized spacial score (nSPS) is 10.7. The molecule has 44 heavy (non-hydrogen) atoms. The summed E-state index contributed by atoms with van der Waals surface area (Å²) >= 11 is 6.57. The lowest BCUT2D eigenvalue weighted by atomic mass is 10.2. The molecular formula is C32H18Br2F4N2O4. The van der Waals surface area contributed by atoms with E-state index in [4.69, 9.17) is 9.47 Å². The highest BCUT2D eigenvalue weighted by atomic mass is 79.9. The Hall–Kier alpha value is -4.68. The Morgan fingerprint density at radius 1 is 0.477 bits per heavy atom. The van der Waals surface area contributed by atoms with Gasteiger partial charge in [-0.15, -0.1) is 0 Å². The Morgan fingerprint density at radius 3 is 1.07 bits per heavy atom. The number of nitrogens with one attached hydrogen (secondary N) is 2. The van der Waals surface area contributed by atoms with Gasteiger partial charge in [0, 0.05) is 31.4 Å². The average Bonchev–Trinajstić information content (AvgIpc) is 3.02. The number of hydrogen-bond donors (Lipinski definition) is 2. The molecule has 5 aromatic rings. The van der Waals surface area contributed by atoms with Gasteiger partial charge in [0.25, 0.3) is 11.8 Å². The lowest BCUT2D eigenvalue weighted by Crippen LogP contribution is -2.11. The van der Waals surface area contributed by atoms with Gasteiger partial charge in [-0.2, -0.15) is 17.6 Å². The standard InChI is InChI=1S/C32H18Br2F4N2O4/c33-19-5-1-17(2-6-19)31(41)39-21-9-13-23(14-10-21)43-29-25(35)27(37)30(28(38)26(29)36)44-24-15-11-22(12-16-24)40-32(42)18-3-7-20(34)8-4-18/h1-16H,(H,39,41)(H,40,42). The highest BCUT2D eigenvalue weighted by Crippen LogP contribution is 2.39. The molecule has 12 heteroatoms. The number of carbonyl (C=O) groups excluding carboxylic acids is 2. The van der Waals surface area contributed by atoms with Crippen molar-refractivity contribution >= 4 is 55.0 Å². The lowest BCUT2D eigenvalue weighted by Gasteiger charge is -2.14. The second-order valence-corrected chi connectivity index (χ2v) is 10.9. The van der Waals surface area contributed by atoms with Gasteiger partial charge in [-0.1, -0.05) is 31.9 Å². The van der Waals surface area contributed by atoms with E-state index >= 15 is 0 Å². The van der Waals surface area contributed by atoms with E-state index in [-0.39, 0.29) is 11.5 Å². The van der Waals surface area contributed by atoms with Crippen molar-refractivity contribution in [1.29, 1.82) is 0 Å². The molecule has 2 amide bonds. The second-order valence-electron chi connectivity index (χ2n) is 9.09. The third-order valence-corrected chi connectivity index (χ3v) is 7.12. The van der Waals surface area contributed by atoms with E-state index < -0.39 is 46.6 Å². The van der Waals surface area contributed by atoms with Crippen molar-refractivity contribution in [2.75, 3.05) is 10.6 Å². The summed E-state index contributed by atoms with van der Waals surface area (Å²) in [5.74, 6) is -11.0. The number of benzene rings is 5. The Morgan fingerprint density at radius 2 is 0.773 bits per heavy atom. The van der Waals surface area contributed by atoms with Crippen LogP contribution in [0.15, 0.2) is 106 Å². The predicted octanol–water partition coefficient (Wildman–Crippen LogP) is 9.86. The molecule has 0 saturated heterocycles. The van der Waals surface area contributed by atoms with Crippen molar-refractivity contribution < 1.29 is 36.6 Å². The maximum absolute atomic E-state index is 14.9. The Labute approximate surface area is 264 Å². The first-order chi connectivity index (χ1) is 21.1. The van der Waals surface area contributed by atoms with E-state index in [0.29, 0.717) is 22.5 Å². The SMILES string of the molecule is O=C(Nc1ccc(Oc2c(F)c(F)c(Oc3ccc(NC(=O)c4ccc(Br)cc4)cc3)c(F)c2F)cc1)c1ccc(Br)cc1. The molecule has 0 heterocycles. The minimum atomic E-state index is -1.81. The van der Waals surface area contributed by atoms with E-state index in [9.17, 15) is 27.2 Å². The summed E-state index contributed by atoms with van der Waals surface area (Å²) in [6.07, 6.45) is 0. The molecule has 0 aliphatic heterocycles. The molecular weight excluding hydrogens is 712 g/mol. The zero-order valence-electron chi connectivity index (χ0n) is 22.1. The Bertz CT molecular complexity index is 1670. The summed E-state index contributed by atoms with van der Waals surface area (Å²) in [6.45, 7) is 0. The number of hydrogen-bond acceptors (Lipinski definition) is 4. The second kappa shape index (κ2) is 13.3. The number of halogens is 6. The Balaban J connectivity index is 1.26. The van der Waals surface area contributed by atoms with Gasteiger partial charge in [-0.25, -0.2) is 0 Å². The molecule has 0 fully saturated rings. The molecule has 0 unspecified atom stereocenters. The monoisotopic (exact) mass is 728 g/mol. The molecule has 2 N–H and O–H groups in total. The van der Waals surface area contributed by atoms with Gasteiger partial charge < -0.3 is 20.1 Å². The van der Waals surface area contributed by atoms with Crippen LogP contribution in [0, 0.1) is 23.3 Å². The molecule has 0 bridgehead atoms. The summed E-state index contributed by atoms with van der Waals surface area (Å²) in [5.41, 5.74) is 1.47. The number of carbonyl (C=O) groups is 2. The molecule has 0 atom stereocenters. The zero-order valence-corrected chi connectivity index (χ0v) is 25.3. The van der Waals surface area contributed by atoms with Gasteiger partial charge >= 0.3 is 0 Å². The molecule has 6 nitrogen and oxygen atoms in total. The van der Waals surface area contributed by atoms with E-state index in [0.717, 1.165) is 8.95 Å². The van der Waals surface area contributed by atoms with Gasteiger partial charge in [0.15, 0.2) is 0 Å². The van der Waals surface area contributed by atoms with Crippen molar-refractivity contribution in [3.8, 4) is 23.0 Å². The molecule has 0 aliphatic carbocycles. The third kappa shape index (κ3) is 7.09. The highest BCUT2D eigenvalue weighted by Gasteiger charge is 2.29. The van der Waals surface area contributed by atoms with Crippen LogP contribution in [0.1, 0.15) is 20.7 Å². The topological polar surface area (TPSA) is 76.7 Å². The highest BCUT2D eigenvalue weighted by molar-refractivity contribution is 9.10. The number of amides is 2. The van der Waals surface area contributed by atoms with Crippen LogP contribution in [0.25, 0.3) is 0 Å². The smallest absolute Gasteiger partial charge is 0.255 e. The lowest BCUT2D eigenvalue weighted by molar-refractivity contribution is 0.101. The summed E-state index contributed by atoms with van der Waals surface area (Å²) in [4.78, 5) is 24.8. The fourth-order valence-corrected chi connectivity index (χ4v) is 4.36. The molecule has 0 spiro atoms. The van der Waals surface area contributed by atoms with Crippen molar-refractivity contribution in [3.05, 3.63) is 140 Å². The van der Waals surface area contributed by atoms with E-state index in [2.05, 4.69) is 42.5 Å². The van der Waals surface area contributed by atoms with Crippen LogP contribution >= 0.6 is 31.9 Å². The molecule has 5 aromatic carbocycles. The third-order valence-electron chi connectivity index (χ3n) is 6.06. The molecule has 0 aromatic heterocycles. The minimum absolute atomic E-state index is 0.155. The van der Waals surface area contributed by atoms with Crippen LogP contribution in [-0.4, -0.2) is 11.8 Å².